The molecule has 0 fully saturated rings. The maximum Gasteiger partial charge on any atom is 0.239 e. The second kappa shape index (κ2) is 9.55. The van der Waals surface area contributed by atoms with Gasteiger partial charge < -0.3 is 15.8 Å². The van der Waals surface area contributed by atoms with Crippen molar-refractivity contribution in [3.05, 3.63) is 30.1 Å². The van der Waals surface area contributed by atoms with E-state index in [4.69, 9.17) is 10.5 Å². The molecule has 0 aliphatic heterocycles. The Labute approximate surface area is 158 Å². The van der Waals surface area contributed by atoms with E-state index in [9.17, 15) is 13.2 Å². The van der Waals surface area contributed by atoms with Crippen LogP contribution in [0.5, 0.6) is 0 Å². The number of amides is 1. The van der Waals surface area contributed by atoms with Crippen molar-refractivity contribution in [2.24, 2.45) is 5.73 Å². The summed E-state index contributed by atoms with van der Waals surface area (Å²) < 4.78 is 31.0. The summed E-state index contributed by atoms with van der Waals surface area (Å²) in [5.41, 5.74) is 6.77. The Morgan fingerprint density at radius 1 is 1.30 bits per heavy atom. The minimum Gasteiger partial charge on any atom is -0.378 e. The summed E-state index contributed by atoms with van der Waals surface area (Å²) >= 11 is 0. The molecule has 0 saturated heterocycles. The Morgan fingerprint density at radius 3 is 2.59 bits per heavy atom. The third kappa shape index (κ3) is 7.06. The molecule has 0 saturated carbocycles. The Morgan fingerprint density at radius 2 is 2.00 bits per heavy atom. The SMILES string of the molecule is CC(C)OCCS(=O)(=O)NCC(=O)Nc1ccc(-c2n[nH]c(CN)n2)cc1. The number of carbonyl (C=O) groups excluding carboxylic acids is 1. The molecule has 5 N–H and O–H groups in total. The molecule has 0 bridgehead atoms. The number of nitrogens with zero attached hydrogens (tertiary/aromatic N) is 2. The van der Waals surface area contributed by atoms with E-state index in [0.717, 1.165) is 5.56 Å². The summed E-state index contributed by atoms with van der Waals surface area (Å²) in [6, 6.07) is 6.84. The number of rotatable bonds is 10. The van der Waals surface area contributed by atoms with Gasteiger partial charge in [-0.05, 0) is 38.1 Å². The molecule has 11 heteroatoms. The molecule has 0 atom stereocenters. The molecule has 1 amide bonds. The van der Waals surface area contributed by atoms with Gasteiger partial charge in [0.25, 0.3) is 0 Å². The second-order valence-corrected chi connectivity index (χ2v) is 7.92. The second-order valence-electron chi connectivity index (χ2n) is 5.99. The number of nitrogens with one attached hydrogen (secondary N) is 3. The van der Waals surface area contributed by atoms with Crippen LogP contribution in [0.2, 0.25) is 0 Å². The average Bonchev–Trinajstić information content (AvgIpc) is 3.09. The first-order valence-corrected chi connectivity index (χ1v) is 10.0. The van der Waals surface area contributed by atoms with Crippen molar-refractivity contribution in [3.8, 4) is 11.4 Å². The van der Waals surface area contributed by atoms with Crippen molar-refractivity contribution in [2.75, 3.05) is 24.2 Å². The quantitative estimate of drug-likeness (QED) is 0.448. The zero-order valence-corrected chi connectivity index (χ0v) is 16.0. The van der Waals surface area contributed by atoms with E-state index >= 15 is 0 Å². The normalized spacial score (nSPS) is 11.7. The van der Waals surface area contributed by atoms with Gasteiger partial charge in [0, 0.05) is 11.3 Å². The van der Waals surface area contributed by atoms with Gasteiger partial charge in [-0.1, -0.05) is 0 Å². The van der Waals surface area contributed by atoms with Crippen LogP contribution in [-0.4, -0.2) is 54.5 Å². The number of carbonyl (C=O) groups is 1. The van der Waals surface area contributed by atoms with E-state index < -0.39 is 15.9 Å². The zero-order chi connectivity index (χ0) is 19.9. The van der Waals surface area contributed by atoms with Gasteiger partial charge in [-0.3, -0.25) is 9.89 Å². The van der Waals surface area contributed by atoms with Gasteiger partial charge >= 0.3 is 0 Å². The van der Waals surface area contributed by atoms with E-state index in [-0.39, 0.29) is 31.6 Å². The molecule has 1 aromatic carbocycles. The topological polar surface area (TPSA) is 152 Å². The van der Waals surface area contributed by atoms with E-state index in [0.29, 0.717) is 17.3 Å². The maximum absolute atomic E-state index is 11.9. The highest BCUT2D eigenvalue weighted by Gasteiger charge is 2.13. The molecular weight excluding hydrogens is 372 g/mol. The zero-order valence-electron chi connectivity index (χ0n) is 15.2. The van der Waals surface area contributed by atoms with E-state index in [1.165, 1.54) is 0 Å². The fraction of sp³-hybridized carbons (Fsp3) is 0.438. The lowest BCUT2D eigenvalue weighted by Crippen LogP contribution is -2.35. The lowest BCUT2D eigenvalue weighted by atomic mass is 10.2. The molecule has 0 aliphatic carbocycles. The van der Waals surface area contributed by atoms with Gasteiger partial charge in [0.15, 0.2) is 5.82 Å². The van der Waals surface area contributed by atoms with Crippen LogP contribution in [0.25, 0.3) is 11.4 Å². The molecule has 0 spiro atoms. The van der Waals surface area contributed by atoms with Crippen LogP contribution in [0.15, 0.2) is 24.3 Å². The van der Waals surface area contributed by atoms with Gasteiger partial charge in [-0.25, -0.2) is 18.1 Å². The van der Waals surface area contributed by atoms with Gasteiger partial charge in [-0.2, -0.15) is 5.10 Å². The van der Waals surface area contributed by atoms with Crippen molar-refractivity contribution >= 4 is 21.6 Å². The van der Waals surface area contributed by atoms with Gasteiger partial charge in [0.05, 0.1) is 31.6 Å². The number of anilines is 1. The molecule has 148 valence electrons. The summed E-state index contributed by atoms with van der Waals surface area (Å²) in [4.78, 5) is 16.1. The first kappa shape index (κ1) is 21.0. The van der Waals surface area contributed by atoms with E-state index in [1.807, 2.05) is 13.8 Å². The molecule has 27 heavy (non-hydrogen) atoms. The predicted molar refractivity (Wildman–Crippen MR) is 101 cm³/mol. The third-order valence-electron chi connectivity index (χ3n) is 3.41. The average molecular weight is 396 g/mol. The Hall–Kier alpha value is -2.34. The number of aromatic amines is 1. The van der Waals surface area contributed by atoms with E-state index in [2.05, 4.69) is 25.2 Å². The molecule has 2 aromatic rings. The third-order valence-corrected chi connectivity index (χ3v) is 4.70. The summed E-state index contributed by atoms with van der Waals surface area (Å²) in [6.45, 7) is 3.62. The van der Waals surface area contributed by atoms with Crippen LogP contribution < -0.4 is 15.8 Å². The summed E-state index contributed by atoms with van der Waals surface area (Å²) in [7, 11) is -3.57. The van der Waals surface area contributed by atoms with Crippen LogP contribution in [0.4, 0.5) is 5.69 Å². The number of H-pyrrole nitrogens is 1. The Balaban J connectivity index is 1.83. The number of hydrogen-bond donors (Lipinski definition) is 4. The lowest BCUT2D eigenvalue weighted by Gasteiger charge is -2.10. The minimum atomic E-state index is -3.57. The maximum atomic E-state index is 11.9. The summed E-state index contributed by atoms with van der Waals surface area (Å²) in [5.74, 6) is 0.409. The van der Waals surface area contributed by atoms with Gasteiger partial charge in [0.1, 0.15) is 5.82 Å². The monoisotopic (exact) mass is 396 g/mol. The first-order chi connectivity index (χ1) is 12.8. The fourth-order valence-corrected chi connectivity index (χ4v) is 2.88. The number of nitrogens with two attached hydrogens (primary N) is 1. The predicted octanol–water partition coefficient (Wildman–Crippen LogP) is 0.213. The van der Waals surface area contributed by atoms with Crippen molar-refractivity contribution in [3.63, 3.8) is 0 Å². The largest absolute Gasteiger partial charge is 0.378 e. The number of sulfonamides is 1. The molecule has 2 rings (SSSR count). The highest BCUT2D eigenvalue weighted by molar-refractivity contribution is 7.89. The van der Waals surface area contributed by atoms with Crippen LogP contribution in [0.1, 0.15) is 19.7 Å². The molecule has 0 aliphatic rings. The van der Waals surface area contributed by atoms with Crippen LogP contribution >= 0.6 is 0 Å². The molecule has 1 heterocycles. The molecule has 1 aromatic heterocycles. The van der Waals surface area contributed by atoms with E-state index in [1.54, 1.807) is 24.3 Å². The Bertz CT molecular complexity index is 848. The number of hydrogen-bond acceptors (Lipinski definition) is 7. The minimum absolute atomic E-state index is 0.0509. The van der Waals surface area contributed by atoms with Crippen molar-refractivity contribution in [1.82, 2.24) is 19.9 Å². The fourth-order valence-electron chi connectivity index (χ4n) is 2.06. The Kier molecular flexibility index (Phi) is 7.42. The number of benzene rings is 1. The van der Waals surface area contributed by atoms with Crippen LogP contribution in [-0.2, 0) is 26.1 Å². The first-order valence-electron chi connectivity index (χ1n) is 8.39. The van der Waals surface area contributed by atoms with Gasteiger partial charge in [0.2, 0.25) is 15.9 Å². The number of ether oxygens (including phenoxy) is 1. The van der Waals surface area contributed by atoms with Crippen molar-refractivity contribution in [2.45, 2.75) is 26.5 Å². The highest BCUT2D eigenvalue weighted by Crippen LogP contribution is 2.17. The summed E-state index contributed by atoms with van der Waals surface area (Å²) in [6.07, 6.45) is -0.0509. The van der Waals surface area contributed by atoms with Crippen LogP contribution in [0.3, 0.4) is 0 Å². The molecule has 0 radical (unpaired) electrons. The molecule has 0 unspecified atom stereocenters. The summed E-state index contributed by atoms with van der Waals surface area (Å²) in [5, 5.41) is 9.39. The standard InChI is InChI=1S/C16H24N6O4S/c1-11(2)26-7-8-27(24,25)18-10-15(23)19-13-5-3-12(4-6-13)16-20-14(9-17)21-22-16/h3-6,11,18H,7-10,17H2,1-2H3,(H,19,23)(H,20,21,22). The lowest BCUT2D eigenvalue weighted by molar-refractivity contribution is -0.115. The van der Waals surface area contributed by atoms with Crippen LogP contribution in [0, 0.1) is 0 Å². The van der Waals surface area contributed by atoms with Gasteiger partial charge in [-0.15, -0.1) is 0 Å². The van der Waals surface area contributed by atoms with Crippen molar-refractivity contribution in [1.29, 1.82) is 0 Å². The molecular formula is C16H24N6O4S. The number of aromatic nitrogens is 3. The highest BCUT2D eigenvalue weighted by atomic mass is 32.2. The molecule has 10 nitrogen and oxygen atoms in total. The van der Waals surface area contributed by atoms with Crippen molar-refractivity contribution < 1.29 is 17.9 Å². The smallest absolute Gasteiger partial charge is 0.239 e.